The van der Waals surface area contributed by atoms with Crippen LogP contribution in [0, 0.1) is 0 Å². The van der Waals surface area contributed by atoms with Gasteiger partial charge in [-0.3, -0.25) is 4.79 Å². The average molecular weight is 355 g/mol. The molecule has 1 aromatic carbocycles. The highest BCUT2D eigenvalue weighted by atomic mass is 32.1. The van der Waals surface area contributed by atoms with Crippen LogP contribution in [0.25, 0.3) is 0 Å². The number of amides is 1. The lowest BCUT2D eigenvalue weighted by molar-refractivity contribution is 0.0701. The van der Waals surface area contributed by atoms with E-state index in [1.54, 1.807) is 18.4 Å². The first-order chi connectivity index (χ1) is 11.8. The quantitative estimate of drug-likeness (QED) is 0.687. The van der Waals surface area contributed by atoms with Gasteiger partial charge in [-0.2, -0.15) is 0 Å². The molecule has 0 bridgehead atoms. The lowest BCUT2D eigenvalue weighted by atomic mass is 9.93. The number of methoxy groups -OCH3 is 1. The Hall–Kier alpha value is -2.11. The van der Waals surface area contributed by atoms with Crippen molar-refractivity contribution in [2.75, 3.05) is 13.7 Å². The normalized spacial score (nSPS) is 16.7. The standard InChI is InChI=1S/C19H17NO2S2/c1-22-14-6-4-13(5-7-14)18-15-9-12-24-16(15)8-10-20(18)19(21)17-3-2-11-23-17/h2-7,9,11-12,18H,8,10H2,1H3/t18-/m1/s1. The van der Waals surface area contributed by atoms with Gasteiger partial charge < -0.3 is 9.64 Å². The molecular weight excluding hydrogens is 338 g/mol. The van der Waals surface area contributed by atoms with Crippen molar-refractivity contribution in [3.63, 3.8) is 0 Å². The van der Waals surface area contributed by atoms with Gasteiger partial charge in [-0.05, 0) is 52.6 Å². The summed E-state index contributed by atoms with van der Waals surface area (Å²) in [6.45, 7) is 0.751. The predicted octanol–water partition coefficient (Wildman–Crippen LogP) is 4.61. The van der Waals surface area contributed by atoms with Gasteiger partial charge in [0.05, 0.1) is 18.0 Å². The summed E-state index contributed by atoms with van der Waals surface area (Å²) in [7, 11) is 1.67. The Bertz CT molecular complexity index is 837. The molecule has 3 heterocycles. The maximum Gasteiger partial charge on any atom is 0.264 e. The molecule has 0 radical (unpaired) electrons. The van der Waals surface area contributed by atoms with Crippen LogP contribution in [-0.2, 0) is 6.42 Å². The molecule has 1 atom stereocenters. The number of rotatable bonds is 3. The molecule has 3 nitrogen and oxygen atoms in total. The fourth-order valence-corrected chi connectivity index (χ4v) is 4.81. The lowest BCUT2D eigenvalue weighted by Gasteiger charge is -2.36. The first-order valence-electron chi connectivity index (χ1n) is 7.82. The predicted molar refractivity (Wildman–Crippen MR) is 98.2 cm³/mol. The van der Waals surface area contributed by atoms with Crippen LogP contribution in [-0.4, -0.2) is 24.5 Å². The molecule has 1 aliphatic rings. The average Bonchev–Trinajstić information content (AvgIpc) is 3.31. The van der Waals surface area contributed by atoms with Crippen LogP contribution in [0.15, 0.2) is 53.2 Å². The van der Waals surface area contributed by atoms with Crippen molar-refractivity contribution in [2.45, 2.75) is 12.5 Å². The van der Waals surface area contributed by atoms with Gasteiger partial charge in [0.1, 0.15) is 5.75 Å². The molecule has 0 spiro atoms. The molecule has 0 aliphatic carbocycles. The van der Waals surface area contributed by atoms with E-state index in [1.165, 1.54) is 21.8 Å². The molecule has 3 aromatic rings. The van der Waals surface area contributed by atoms with Crippen molar-refractivity contribution < 1.29 is 9.53 Å². The molecule has 2 aromatic heterocycles. The second kappa shape index (κ2) is 6.42. The molecule has 5 heteroatoms. The van der Waals surface area contributed by atoms with Crippen molar-refractivity contribution in [2.24, 2.45) is 0 Å². The van der Waals surface area contributed by atoms with Gasteiger partial charge in [0, 0.05) is 11.4 Å². The Morgan fingerprint density at radius 3 is 2.67 bits per heavy atom. The third-order valence-corrected chi connectivity index (χ3v) is 6.24. The van der Waals surface area contributed by atoms with Crippen LogP contribution in [0.1, 0.15) is 31.7 Å². The monoisotopic (exact) mass is 355 g/mol. The van der Waals surface area contributed by atoms with Crippen molar-refractivity contribution in [1.29, 1.82) is 0 Å². The molecule has 0 fully saturated rings. The number of carbonyl (C=O) groups excluding carboxylic acids is 1. The van der Waals surface area contributed by atoms with E-state index in [0.29, 0.717) is 0 Å². The summed E-state index contributed by atoms with van der Waals surface area (Å²) in [5, 5.41) is 4.08. The molecule has 24 heavy (non-hydrogen) atoms. The van der Waals surface area contributed by atoms with E-state index in [9.17, 15) is 4.79 Å². The summed E-state index contributed by atoms with van der Waals surface area (Å²) >= 11 is 3.29. The van der Waals surface area contributed by atoms with Gasteiger partial charge in [0.2, 0.25) is 0 Å². The smallest absolute Gasteiger partial charge is 0.264 e. The topological polar surface area (TPSA) is 29.5 Å². The lowest BCUT2D eigenvalue weighted by Crippen LogP contribution is -2.39. The maximum atomic E-state index is 13.0. The highest BCUT2D eigenvalue weighted by molar-refractivity contribution is 7.12. The first kappa shape index (κ1) is 15.4. The fraction of sp³-hybridized carbons (Fsp3) is 0.211. The van der Waals surface area contributed by atoms with E-state index >= 15 is 0 Å². The van der Waals surface area contributed by atoms with E-state index in [1.807, 2.05) is 34.5 Å². The van der Waals surface area contributed by atoms with Crippen molar-refractivity contribution >= 4 is 28.6 Å². The minimum absolute atomic E-state index is 0.0273. The summed E-state index contributed by atoms with van der Waals surface area (Å²) in [6, 6.07) is 14.0. The Morgan fingerprint density at radius 1 is 1.12 bits per heavy atom. The maximum absolute atomic E-state index is 13.0. The number of thiophene rings is 2. The van der Waals surface area contributed by atoms with Crippen LogP contribution < -0.4 is 4.74 Å². The Labute approximate surface area is 149 Å². The number of carbonyl (C=O) groups is 1. The Balaban J connectivity index is 1.76. The molecule has 1 aliphatic heterocycles. The molecule has 0 saturated carbocycles. The summed E-state index contributed by atoms with van der Waals surface area (Å²) in [5.41, 5.74) is 2.38. The summed E-state index contributed by atoms with van der Waals surface area (Å²) in [4.78, 5) is 17.2. The zero-order valence-electron chi connectivity index (χ0n) is 13.3. The Morgan fingerprint density at radius 2 is 1.96 bits per heavy atom. The minimum Gasteiger partial charge on any atom is -0.497 e. The van der Waals surface area contributed by atoms with E-state index in [-0.39, 0.29) is 11.9 Å². The summed E-state index contributed by atoms with van der Waals surface area (Å²) in [6.07, 6.45) is 0.927. The van der Waals surface area contributed by atoms with Gasteiger partial charge in [0.25, 0.3) is 5.91 Å². The van der Waals surface area contributed by atoms with Gasteiger partial charge in [0.15, 0.2) is 0 Å². The first-order valence-corrected chi connectivity index (χ1v) is 9.58. The molecule has 4 rings (SSSR count). The van der Waals surface area contributed by atoms with Crippen molar-refractivity contribution in [3.05, 3.63) is 74.1 Å². The number of nitrogens with zero attached hydrogens (tertiary/aromatic N) is 1. The number of hydrogen-bond donors (Lipinski definition) is 0. The molecule has 1 amide bonds. The molecular formula is C19H17NO2S2. The van der Waals surface area contributed by atoms with E-state index in [0.717, 1.165) is 29.2 Å². The van der Waals surface area contributed by atoms with Crippen LogP contribution in [0.5, 0.6) is 5.75 Å². The Kier molecular flexibility index (Phi) is 4.12. The molecule has 0 saturated heterocycles. The highest BCUT2D eigenvalue weighted by Gasteiger charge is 2.33. The second-order valence-corrected chi connectivity index (χ2v) is 7.65. The van der Waals surface area contributed by atoms with Crippen LogP contribution in [0.2, 0.25) is 0 Å². The van der Waals surface area contributed by atoms with Crippen molar-refractivity contribution in [3.8, 4) is 5.75 Å². The van der Waals surface area contributed by atoms with Crippen LogP contribution in [0.3, 0.4) is 0 Å². The minimum atomic E-state index is -0.0273. The highest BCUT2D eigenvalue weighted by Crippen LogP contribution is 2.39. The number of fused-ring (bicyclic) bond motifs is 1. The van der Waals surface area contributed by atoms with Gasteiger partial charge in [-0.25, -0.2) is 0 Å². The SMILES string of the molecule is COc1ccc([C@@H]2c3ccsc3CCN2C(=O)c2cccs2)cc1. The number of benzene rings is 1. The van der Waals surface area contributed by atoms with Gasteiger partial charge >= 0.3 is 0 Å². The van der Waals surface area contributed by atoms with E-state index in [2.05, 4.69) is 23.6 Å². The molecule has 0 unspecified atom stereocenters. The largest absolute Gasteiger partial charge is 0.497 e. The zero-order chi connectivity index (χ0) is 16.5. The van der Waals surface area contributed by atoms with Gasteiger partial charge in [-0.15, -0.1) is 22.7 Å². The fourth-order valence-electron chi connectivity index (χ4n) is 3.22. The second-order valence-electron chi connectivity index (χ2n) is 5.70. The van der Waals surface area contributed by atoms with E-state index in [4.69, 9.17) is 4.74 Å². The molecule has 0 N–H and O–H groups in total. The molecule has 122 valence electrons. The zero-order valence-corrected chi connectivity index (χ0v) is 14.9. The third kappa shape index (κ3) is 2.64. The van der Waals surface area contributed by atoms with Gasteiger partial charge in [-0.1, -0.05) is 18.2 Å². The number of ether oxygens (including phenoxy) is 1. The summed E-state index contributed by atoms with van der Waals surface area (Å²) < 4.78 is 5.27. The van der Waals surface area contributed by atoms with Crippen molar-refractivity contribution in [1.82, 2.24) is 4.90 Å². The summed E-state index contributed by atoms with van der Waals surface area (Å²) in [5.74, 6) is 0.943. The van der Waals surface area contributed by atoms with E-state index < -0.39 is 0 Å². The van der Waals surface area contributed by atoms with Crippen LogP contribution in [0.4, 0.5) is 0 Å². The van der Waals surface area contributed by atoms with Crippen LogP contribution >= 0.6 is 22.7 Å². The number of hydrogen-bond acceptors (Lipinski definition) is 4. The third-order valence-electron chi connectivity index (χ3n) is 4.39.